The summed E-state index contributed by atoms with van der Waals surface area (Å²) in [5.74, 6) is 0.249. The molecule has 0 radical (unpaired) electrons. The minimum Gasteiger partial charge on any atom is -0.361 e. The second-order valence-electron chi connectivity index (χ2n) is 4.73. The zero-order valence-corrected chi connectivity index (χ0v) is 11.9. The summed E-state index contributed by atoms with van der Waals surface area (Å²) in [6, 6.07) is 8.05. The molecule has 4 nitrogen and oxygen atoms in total. The van der Waals surface area contributed by atoms with Crippen molar-refractivity contribution in [3.8, 4) is 0 Å². The summed E-state index contributed by atoms with van der Waals surface area (Å²) >= 11 is 5.22. The van der Waals surface area contributed by atoms with Crippen molar-refractivity contribution >= 4 is 28.9 Å². The molecular formula is C14H19N3OS. The summed E-state index contributed by atoms with van der Waals surface area (Å²) in [5.41, 5.74) is 2.17. The maximum Gasteiger partial charge on any atom is 0.222 e. The summed E-state index contributed by atoms with van der Waals surface area (Å²) in [6.45, 7) is 4.32. The highest BCUT2D eigenvalue weighted by Gasteiger charge is 2.18. The Morgan fingerprint density at radius 1 is 1.47 bits per heavy atom. The number of likely N-dealkylation sites (tertiary alicyclic amines) is 1. The van der Waals surface area contributed by atoms with Gasteiger partial charge in [-0.05, 0) is 43.3 Å². The molecule has 1 saturated heterocycles. The molecule has 102 valence electrons. The van der Waals surface area contributed by atoms with Crippen LogP contribution >= 0.6 is 12.2 Å². The van der Waals surface area contributed by atoms with Crippen LogP contribution in [-0.4, -0.2) is 35.6 Å². The lowest BCUT2D eigenvalue weighted by Gasteiger charge is -2.17. The molecule has 1 aromatic rings. The molecule has 1 amide bonds. The topological polar surface area (TPSA) is 44.4 Å². The van der Waals surface area contributed by atoms with Gasteiger partial charge in [-0.25, -0.2) is 0 Å². The average molecular weight is 277 g/mol. The first-order chi connectivity index (χ1) is 9.15. The Labute approximate surface area is 119 Å². The fraction of sp³-hybridized carbons (Fsp3) is 0.429. The molecular weight excluding hydrogens is 258 g/mol. The average Bonchev–Trinajstić information content (AvgIpc) is 2.75. The van der Waals surface area contributed by atoms with Gasteiger partial charge in [0.1, 0.15) is 0 Å². The van der Waals surface area contributed by atoms with Crippen molar-refractivity contribution in [1.29, 1.82) is 0 Å². The van der Waals surface area contributed by atoms with Gasteiger partial charge in [0, 0.05) is 31.7 Å². The van der Waals surface area contributed by atoms with Crippen molar-refractivity contribution in [2.24, 2.45) is 0 Å². The summed E-state index contributed by atoms with van der Waals surface area (Å²) in [4.78, 5) is 13.3. The number of carbonyl (C=O) groups excluding carboxylic acids is 1. The Kier molecular flexibility index (Phi) is 4.74. The molecule has 19 heavy (non-hydrogen) atoms. The van der Waals surface area contributed by atoms with Crippen molar-refractivity contribution in [2.45, 2.75) is 19.8 Å². The smallest absolute Gasteiger partial charge is 0.222 e. The lowest BCUT2D eigenvalue weighted by Crippen LogP contribution is -2.37. The third kappa shape index (κ3) is 4.21. The Morgan fingerprint density at radius 3 is 3.00 bits per heavy atom. The fourth-order valence-electron chi connectivity index (χ4n) is 2.14. The predicted octanol–water partition coefficient (Wildman–Crippen LogP) is 1.90. The van der Waals surface area contributed by atoms with Gasteiger partial charge in [0.05, 0.1) is 0 Å². The SMILES string of the molecule is Cc1cccc(NC(=S)NCCN2CCCC2=O)c1. The number of rotatable bonds is 4. The zero-order chi connectivity index (χ0) is 13.7. The van der Waals surface area contributed by atoms with Crippen LogP contribution in [0.5, 0.6) is 0 Å². The number of amides is 1. The van der Waals surface area contributed by atoms with Crippen LogP contribution in [0.3, 0.4) is 0 Å². The third-order valence-electron chi connectivity index (χ3n) is 3.11. The lowest BCUT2D eigenvalue weighted by molar-refractivity contribution is -0.127. The Hall–Kier alpha value is -1.62. The maximum atomic E-state index is 11.4. The fourth-order valence-corrected chi connectivity index (χ4v) is 2.36. The molecule has 1 aromatic carbocycles. The minimum absolute atomic E-state index is 0.249. The van der Waals surface area contributed by atoms with E-state index >= 15 is 0 Å². The number of hydrogen-bond acceptors (Lipinski definition) is 2. The van der Waals surface area contributed by atoms with Gasteiger partial charge in [-0.15, -0.1) is 0 Å². The summed E-state index contributed by atoms with van der Waals surface area (Å²) < 4.78 is 0. The van der Waals surface area contributed by atoms with E-state index in [0.717, 1.165) is 18.7 Å². The quantitative estimate of drug-likeness (QED) is 0.825. The number of benzene rings is 1. The number of hydrogen-bond donors (Lipinski definition) is 2. The van der Waals surface area contributed by atoms with Crippen LogP contribution in [0, 0.1) is 6.92 Å². The summed E-state index contributed by atoms with van der Waals surface area (Å²) in [5, 5.41) is 6.86. The molecule has 0 aromatic heterocycles. The van der Waals surface area contributed by atoms with E-state index in [1.165, 1.54) is 5.56 Å². The van der Waals surface area contributed by atoms with Gasteiger partial charge in [-0.3, -0.25) is 4.79 Å². The van der Waals surface area contributed by atoms with E-state index in [9.17, 15) is 4.79 Å². The van der Waals surface area contributed by atoms with E-state index in [1.54, 1.807) is 0 Å². The van der Waals surface area contributed by atoms with E-state index < -0.39 is 0 Å². The van der Waals surface area contributed by atoms with Crippen LogP contribution in [0.1, 0.15) is 18.4 Å². The first-order valence-electron chi connectivity index (χ1n) is 6.54. The van der Waals surface area contributed by atoms with Crippen molar-refractivity contribution < 1.29 is 4.79 Å². The number of nitrogens with zero attached hydrogens (tertiary/aromatic N) is 1. The van der Waals surface area contributed by atoms with Crippen LogP contribution in [0.4, 0.5) is 5.69 Å². The Bertz CT molecular complexity index is 476. The Morgan fingerprint density at radius 2 is 2.32 bits per heavy atom. The van der Waals surface area contributed by atoms with Gasteiger partial charge in [0.25, 0.3) is 0 Å². The molecule has 1 aliphatic heterocycles. The van der Waals surface area contributed by atoms with Gasteiger partial charge < -0.3 is 15.5 Å². The van der Waals surface area contributed by atoms with Gasteiger partial charge in [0.2, 0.25) is 5.91 Å². The van der Waals surface area contributed by atoms with E-state index in [2.05, 4.69) is 10.6 Å². The molecule has 2 N–H and O–H groups in total. The number of nitrogens with one attached hydrogen (secondary N) is 2. The first kappa shape index (κ1) is 13.8. The van der Waals surface area contributed by atoms with E-state index in [-0.39, 0.29) is 5.91 Å². The van der Waals surface area contributed by atoms with E-state index in [4.69, 9.17) is 12.2 Å². The third-order valence-corrected chi connectivity index (χ3v) is 3.36. The zero-order valence-electron chi connectivity index (χ0n) is 11.1. The number of carbonyl (C=O) groups is 1. The van der Waals surface area contributed by atoms with Crippen LogP contribution < -0.4 is 10.6 Å². The number of thiocarbonyl (C=S) groups is 1. The van der Waals surface area contributed by atoms with E-state index in [0.29, 0.717) is 24.6 Å². The van der Waals surface area contributed by atoms with Crippen LogP contribution in [0.25, 0.3) is 0 Å². The second kappa shape index (κ2) is 6.52. The van der Waals surface area contributed by atoms with Crippen LogP contribution in [0.2, 0.25) is 0 Å². The standard InChI is InChI=1S/C14H19N3OS/c1-11-4-2-5-12(10-11)16-14(19)15-7-9-17-8-3-6-13(17)18/h2,4-5,10H,3,6-9H2,1H3,(H2,15,16,19). The highest BCUT2D eigenvalue weighted by molar-refractivity contribution is 7.80. The highest BCUT2D eigenvalue weighted by Crippen LogP contribution is 2.09. The molecule has 2 rings (SSSR count). The highest BCUT2D eigenvalue weighted by atomic mass is 32.1. The lowest BCUT2D eigenvalue weighted by atomic mass is 10.2. The molecule has 0 bridgehead atoms. The van der Waals surface area contributed by atoms with Gasteiger partial charge in [-0.1, -0.05) is 12.1 Å². The molecule has 0 atom stereocenters. The number of anilines is 1. The molecule has 1 aliphatic rings. The van der Waals surface area contributed by atoms with Crippen molar-refractivity contribution in [1.82, 2.24) is 10.2 Å². The minimum atomic E-state index is 0.249. The molecule has 0 aliphatic carbocycles. The molecule has 1 fully saturated rings. The molecule has 0 saturated carbocycles. The molecule has 5 heteroatoms. The number of aryl methyl sites for hydroxylation is 1. The second-order valence-corrected chi connectivity index (χ2v) is 5.14. The van der Waals surface area contributed by atoms with Crippen molar-refractivity contribution in [2.75, 3.05) is 25.0 Å². The van der Waals surface area contributed by atoms with Gasteiger partial charge in [0.15, 0.2) is 5.11 Å². The van der Waals surface area contributed by atoms with Crippen molar-refractivity contribution in [3.63, 3.8) is 0 Å². The van der Waals surface area contributed by atoms with Gasteiger partial charge in [-0.2, -0.15) is 0 Å². The Balaban J connectivity index is 1.71. The van der Waals surface area contributed by atoms with Gasteiger partial charge >= 0.3 is 0 Å². The van der Waals surface area contributed by atoms with Crippen molar-refractivity contribution in [3.05, 3.63) is 29.8 Å². The van der Waals surface area contributed by atoms with E-state index in [1.807, 2.05) is 36.1 Å². The van der Waals surface area contributed by atoms with Crippen LogP contribution in [0.15, 0.2) is 24.3 Å². The largest absolute Gasteiger partial charge is 0.361 e. The predicted molar refractivity (Wildman–Crippen MR) is 81.2 cm³/mol. The summed E-state index contributed by atoms with van der Waals surface area (Å²) in [6.07, 6.45) is 1.66. The normalized spacial score (nSPS) is 14.6. The first-order valence-corrected chi connectivity index (χ1v) is 6.95. The molecule has 0 unspecified atom stereocenters. The molecule has 1 heterocycles. The van der Waals surface area contributed by atoms with Crippen LogP contribution in [-0.2, 0) is 4.79 Å². The maximum absolute atomic E-state index is 11.4. The molecule has 0 spiro atoms. The summed E-state index contributed by atoms with van der Waals surface area (Å²) in [7, 11) is 0. The monoisotopic (exact) mass is 277 g/mol.